The number of carbonyl (C=O) groups is 2. The van der Waals surface area contributed by atoms with Crippen molar-refractivity contribution in [2.45, 2.75) is 26.1 Å². The number of nitrogens with zero attached hydrogens (tertiary/aromatic N) is 1. The monoisotopic (exact) mass is 315 g/mol. The second-order valence-corrected chi connectivity index (χ2v) is 5.20. The number of amides is 1. The van der Waals surface area contributed by atoms with Gasteiger partial charge in [0.1, 0.15) is 0 Å². The molecule has 120 valence electrons. The quantitative estimate of drug-likeness (QED) is 0.799. The van der Waals surface area contributed by atoms with Crippen LogP contribution >= 0.6 is 0 Å². The van der Waals surface area contributed by atoms with Crippen molar-refractivity contribution in [2.24, 2.45) is 0 Å². The third-order valence-corrected chi connectivity index (χ3v) is 3.23. The van der Waals surface area contributed by atoms with Crippen LogP contribution in [0.1, 0.15) is 22.8 Å². The molecule has 6 nitrogen and oxygen atoms in total. The van der Waals surface area contributed by atoms with Crippen LogP contribution in [0.2, 0.25) is 0 Å². The Balaban J connectivity index is 1.77. The number of hydrogen-bond donors (Lipinski definition) is 2. The van der Waals surface area contributed by atoms with Gasteiger partial charge in [0.25, 0.3) is 6.73 Å². The summed E-state index contributed by atoms with van der Waals surface area (Å²) in [4.78, 5) is 22.5. The molecule has 0 unspecified atom stereocenters. The highest BCUT2D eigenvalue weighted by Crippen LogP contribution is 2.02. The molecular weight excluding hydrogens is 296 g/mol. The van der Waals surface area contributed by atoms with Crippen molar-refractivity contribution >= 4 is 12.1 Å². The molecule has 2 N–H and O–H groups in total. The van der Waals surface area contributed by atoms with Gasteiger partial charge in [0, 0.05) is 18.2 Å². The van der Waals surface area contributed by atoms with Crippen molar-refractivity contribution in [2.75, 3.05) is 0 Å². The van der Waals surface area contributed by atoms with Crippen LogP contribution in [0.3, 0.4) is 0 Å². The topological polar surface area (TPSA) is 79.5 Å². The first-order valence-corrected chi connectivity index (χ1v) is 7.24. The van der Waals surface area contributed by atoms with Crippen LogP contribution in [0, 0.1) is 0 Å². The second kappa shape index (κ2) is 7.93. The van der Waals surface area contributed by atoms with Crippen molar-refractivity contribution in [3.8, 4) is 0 Å². The summed E-state index contributed by atoms with van der Waals surface area (Å²) in [6, 6.07) is 12.7. The van der Waals surface area contributed by atoms with Crippen LogP contribution < -0.4 is 9.88 Å². The van der Waals surface area contributed by atoms with Crippen molar-refractivity contribution in [3.63, 3.8) is 0 Å². The van der Waals surface area contributed by atoms with E-state index in [1.54, 1.807) is 17.0 Å². The molecule has 1 atom stereocenters. The fraction of sp³-hybridized carbons (Fsp3) is 0.235. The van der Waals surface area contributed by atoms with Gasteiger partial charge in [-0.3, -0.25) is 0 Å². The van der Waals surface area contributed by atoms with Gasteiger partial charge in [0.2, 0.25) is 0 Å². The van der Waals surface area contributed by atoms with Gasteiger partial charge in [-0.1, -0.05) is 30.3 Å². The van der Waals surface area contributed by atoms with E-state index in [1.807, 2.05) is 37.3 Å². The molecule has 0 saturated heterocycles. The van der Waals surface area contributed by atoms with Crippen molar-refractivity contribution < 1.29 is 24.0 Å². The number of alkyl carbamates (subject to hydrolysis) is 1. The fourth-order valence-electron chi connectivity index (χ4n) is 2.08. The summed E-state index contributed by atoms with van der Waals surface area (Å²) in [6.45, 7) is 1.92. The lowest BCUT2D eigenvalue weighted by Gasteiger charge is -2.13. The Kier molecular flexibility index (Phi) is 5.68. The predicted molar refractivity (Wildman–Crippen MR) is 82.8 cm³/mol. The number of pyridine rings is 1. The number of carbonyl (C=O) groups excluding carboxylic acids is 1. The highest BCUT2D eigenvalue weighted by Gasteiger charge is 2.11. The van der Waals surface area contributed by atoms with Crippen LogP contribution in [0.25, 0.3) is 0 Å². The Labute approximate surface area is 134 Å². The number of carboxylic acids is 1. The van der Waals surface area contributed by atoms with Crippen molar-refractivity contribution in [1.29, 1.82) is 0 Å². The smallest absolute Gasteiger partial charge is 0.412 e. The molecule has 0 spiro atoms. The maximum atomic E-state index is 11.8. The summed E-state index contributed by atoms with van der Waals surface area (Å²) in [5, 5.41) is 11.6. The normalized spacial score (nSPS) is 11.5. The summed E-state index contributed by atoms with van der Waals surface area (Å²) in [5.41, 5.74) is 1.32. The first kappa shape index (κ1) is 16.5. The lowest BCUT2D eigenvalue weighted by atomic mass is 10.1. The van der Waals surface area contributed by atoms with Crippen LogP contribution in [-0.2, 0) is 17.9 Å². The highest BCUT2D eigenvalue weighted by molar-refractivity contribution is 5.87. The van der Waals surface area contributed by atoms with Crippen molar-refractivity contribution in [3.05, 3.63) is 66.0 Å². The van der Waals surface area contributed by atoms with E-state index in [-0.39, 0.29) is 18.3 Å². The molecule has 2 rings (SSSR count). The number of rotatable bonds is 6. The van der Waals surface area contributed by atoms with Gasteiger partial charge in [-0.25, -0.2) is 9.59 Å². The van der Waals surface area contributed by atoms with E-state index in [1.165, 1.54) is 12.1 Å². The maximum absolute atomic E-state index is 11.8. The van der Waals surface area contributed by atoms with E-state index in [0.717, 1.165) is 12.0 Å². The Bertz CT molecular complexity index is 656. The van der Waals surface area contributed by atoms with Gasteiger partial charge in [0.15, 0.2) is 12.4 Å². The molecule has 1 amide bonds. The third kappa shape index (κ3) is 5.43. The molecule has 23 heavy (non-hydrogen) atoms. The minimum atomic E-state index is -0.995. The molecule has 1 aromatic carbocycles. The number of nitrogens with one attached hydrogen (secondary N) is 1. The van der Waals surface area contributed by atoms with E-state index in [2.05, 4.69) is 5.32 Å². The lowest BCUT2D eigenvalue weighted by Crippen LogP contribution is -2.40. The average Bonchev–Trinajstić information content (AvgIpc) is 2.54. The molecule has 1 aromatic heterocycles. The number of carboxylic acid groups (broad SMARTS) is 1. The van der Waals surface area contributed by atoms with Crippen molar-refractivity contribution in [1.82, 2.24) is 5.32 Å². The van der Waals surface area contributed by atoms with Crippen LogP contribution in [0.4, 0.5) is 4.79 Å². The Morgan fingerprint density at radius 1 is 1.17 bits per heavy atom. The fourth-order valence-corrected chi connectivity index (χ4v) is 2.08. The van der Waals surface area contributed by atoms with E-state index in [4.69, 9.17) is 9.84 Å². The number of benzene rings is 1. The number of aromatic nitrogens is 1. The molecule has 0 aliphatic carbocycles. The van der Waals surface area contributed by atoms with E-state index >= 15 is 0 Å². The third-order valence-electron chi connectivity index (χ3n) is 3.23. The minimum Gasteiger partial charge on any atom is -0.478 e. The Morgan fingerprint density at radius 3 is 2.43 bits per heavy atom. The van der Waals surface area contributed by atoms with Gasteiger partial charge >= 0.3 is 12.1 Å². The summed E-state index contributed by atoms with van der Waals surface area (Å²) in [7, 11) is 0. The van der Waals surface area contributed by atoms with E-state index in [9.17, 15) is 9.59 Å². The largest absolute Gasteiger partial charge is 0.478 e. The standard InChI is InChI=1S/C17H18N2O4/c1-13(11-14-5-3-2-4-6-14)18-17(22)23-12-19-9-7-15(8-10-19)16(20)21/h2-10,13H,11-12H2,1H3,(H-,18,20,21,22)/p+1/t13-/m0/s1. The predicted octanol–water partition coefficient (Wildman–Crippen LogP) is 1.99. The first-order chi connectivity index (χ1) is 11.0. The lowest BCUT2D eigenvalue weighted by molar-refractivity contribution is -0.727. The van der Waals surface area contributed by atoms with Gasteiger partial charge in [0.05, 0.1) is 5.56 Å². The molecule has 2 aromatic rings. The van der Waals surface area contributed by atoms with Crippen LogP contribution in [-0.4, -0.2) is 23.2 Å². The molecule has 1 heterocycles. The number of ether oxygens (including phenoxy) is 1. The molecule has 0 bridgehead atoms. The molecule has 0 aliphatic rings. The molecular formula is C17H19N2O4+. The maximum Gasteiger partial charge on any atom is 0.412 e. The second-order valence-electron chi connectivity index (χ2n) is 5.20. The van der Waals surface area contributed by atoms with Crippen LogP contribution in [0.5, 0.6) is 0 Å². The van der Waals surface area contributed by atoms with Gasteiger partial charge < -0.3 is 15.2 Å². The molecule has 6 heteroatoms. The molecule has 0 fully saturated rings. The summed E-state index contributed by atoms with van der Waals surface area (Å²) < 4.78 is 6.68. The van der Waals surface area contributed by atoms with E-state index < -0.39 is 12.1 Å². The Hall–Kier alpha value is -2.89. The zero-order valence-corrected chi connectivity index (χ0v) is 12.8. The number of hydrogen-bond acceptors (Lipinski definition) is 3. The SMILES string of the molecule is C[C@@H](Cc1ccccc1)NC(=O)OC[n+]1ccc(C(=O)O)cc1. The molecule has 0 aliphatic heterocycles. The molecule has 0 radical (unpaired) electrons. The summed E-state index contributed by atoms with van der Waals surface area (Å²) in [6.07, 6.45) is 3.30. The van der Waals surface area contributed by atoms with E-state index in [0.29, 0.717) is 0 Å². The highest BCUT2D eigenvalue weighted by atomic mass is 16.6. The summed E-state index contributed by atoms with van der Waals surface area (Å²) in [5.74, 6) is -0.995. The summed E-state index contributed by atoms with van der Waals surface area (Å²) >= 11 is 0. The first-order valence-electron chi connectivity index (χ1n) is 7.24. The zero-order chi connectivity index (χ0) is 16.7. The van der Waals surface area contributed by atoms with Gasteiger partial charge in [-0.05, 0) is 18.9 Å². The minimum absolute atomic E-state index is 0.0176. The van der Waals surface area contributed by atoms with Gasteiger partial charge in [-0.2, -0.15) is 4.57 Å². The number of aromatic carboxylic acids is 1. The van der Waals surface area contributed by atoms with Gasteiger partial charge in [-0.15, -0.1) is 0 Å². The Morgan fingerprint density at radius 2 is 1.83 bits per heavy atom. The molecule has 0 saturated carbocycles. The zero-order valence-electron chi connectivity index (χ0n) is 12.8. The average molecular weight is 315 g/mol. The van der Waals surface area contributed by atoms with Crippen LogP contribution in [0.15, 0.2) is 54.9 Å².